The topological polar surface area (TPSA) is 68.5 Å². The molecule has 3 aromatic carbocycles. The Morgan fingerprint density at radius 1 is 1.03 bits per heavy atom. The molecule has 32 heavy (non-hydrogen) atoms. The highest BCUT2D eigenvalue weighted by Crippen LogP contribution is 2.27. The van der Waals surface area contributed by atoms with Crippen molar-refractivity contribution in [3.8, 4) is 17.1 Å². The summed E-state index contributed by atoms with van der Waals surface area (Å²) in [4.78, 5) is 20.1. The lowest BCUT2D eigenvalue weighted by Gasteiger charge is -2.17. The number of methoxy groups -OCH3 is 1. The van der Waals surface area contributed by atoms with Crippen LogP contribution in [-0.4, -0.2) is 35.1 Å². The molecule has 0 fully saturated rings. The van der Waals surface area contributed by atoms with E-state index < -0.39 is 0 Å². The van der Waals surface area contributed by atoms with Gasteiger partial charge in [0.05, 0.1) is 19.2 Å². The Kier molecular flexibility index (Phi) is 6.87. The van der Waals surface area contributed by atoms with Crippen LogP contribution < -0.4 is 4.74 Å². The Labute approximate surface area is 191 Å². The summed E-state index contributed by atoms with van der Waals surface area (Å²) < 4.78 is 10.6. The average Bonchev–Trinajstić information content (AvgIpc) is 3.31. The number of carbonyl (C=O) groups excluding carboxylic acids is 1. The van der Waals surface area contributed by atoms with Crippen LogP contribution in [0.4, 0.5) is 0 Å². The van der Waals surface area contributed by atoms with Crippen molar-refractivity contribution < 1.29 is 14.1 Å². The summed E-state index contributed by atoms with van der Waals surface area (Å²) in [5, 5.41) is 4.04. The summed E-state index contributed by atoms with van der Waals surface area (Å²) in [6.07, 6.45) is 0. The van der Waals surface area contributed by atoms with Crippen LogP contribution in [-0.2, 0) is 12.3 Å². The van der Waals surface area contributed by atoms with Gasteiger partial charge in [0.15, 0.2) is 0 Å². The van der Waals surface area contributed by atoms with Crippen molar-refractivity contribution >= 4 is 17.7 Å². The third-order valence-corrected chi connectivity index (χ3v) is 6.01. The quantitative estimate of drug-likeness (QED) is 0.342. The third kappa shape index (κ3) is 5.18. The molecular formula is C25H23N3O3S. The lowest BCUT2D eigenvalue weighted by Crippen LogP contribution is -2.26. The molecule has 1 amide bonds. The first-order valence-corrected chi connectivity index (χ1v) is 11.1. The zero-order chi connectivity index (χ0) is 22.3. The van der Waals surface area contributed by atoms with Gasteiger partial charge in [0.2, 0.25) is 11.7 Å². The third-order valence-electron chi connectivity index (χ3n) is 4.87. The highest BCUT2D eigenvalue weighted by molar-refractivity contribution is 7.98. The Hall–Kier alpha value is -3.58. The Balaban J connectivity index is 1.45. The summed E-state index contributed by atoms with van der Waals surface area (Å²) in [6, 6.07) is 25.3. The minimum absolute atomic E-state index is 0.0951. The molecule has 4 aromatic rings. The van der Waals surface area contributed by atoms with Gasteiger partial charge in [-0.25, -0.2) is 0 Å². The lowest BCUT2D eigenvalue weighted by atomic mass is 10.2. The van der Waals surface area contributed by atoms with Crippen LogP contribution in [0.5, 0.6) is 5.75 Å². The Morgan fingerprint density at radius 3 is 2.62 bits per heavy atom. The predicted octanol–water partition coefficient (Wildman–Crippen LogP) is 5.31. The number of amides is 1. The molecule has 0 bridgehead atoms. The van der Waals surface area contributed by atoms with Crippen molar-refractivity contribution in [3.63, 3.8) is 0 Å². The van der Waals surface area contributed by atoms with Crippen LogP contribution >= 0.6 is 11.8 Å². The smallest absolute Gasteiger partial charge is 0.255 e. The maximum absolute atomic E-state index is 13.1. The second kappa shape index (κ2) is 10.2. The number of ether oxygens (including phenoxy) is 1. The largest absolute Gasteiger partial charge is 0.497 e. The molecule has 162 valence electrons. The van der Waals surface area contributed by atoms with E-state index in [0.29, 0.717) is 23.0 Å². The van der Waals surface area contributed by atoms with E-state index in [0.717, 1.165) is 16.2 Å². The van der Waals surface area contributed by atoms with Gasteiger partial charge < -0.3 is 14.2 Å². The first-order valence-electron chi connectivity index (χ1n) is 10.1. The second-order valence-corrected chi connectivity index (χ2v) is 8.19. The molecule has 0 aliphatic rings. The van der Waals surface area contributed by atoms with E-state index in [2.05, 4.69) is 22.3 Å². The Morgan fingerprint density at radius 2 is 1.81 bits per heavy atom. The number of hydrogen-bond acceptors (Lipinski definition) is 6. The molecule has 0 N–H and O–H groups in total. The van der Waals surface area contributed by atoms with E-state index in [1.54, 1.807) is 30.8 Å². The van der Waals surface area contributed by atoms with Gasteiger partial charge in [-0.2, -0.15) is 4.98 Å². The highest BCUT2D eigenvalue weighted by atomic mass is 32.2. The predicted molar refractivity (Wildman–Crippen MR) is 125 cm³/mol. The second-order valence-electron chi connectivity index (χ2n) is 7.18. The van der Waals surface area contributed by atoms with Gasteiger partial charge in [-0.1, -0.05) is 59.8 Å². The molecule has 0 unspecified atom stereocenters. The van der Waals surface area contributed by atoms with Crippen molar-refractivity contribution in [2.24, 2.45) is 0 Å². The minimum atomic E-state index is -0.0951. The first kappa shape index (κ1) is 21.6. The van der Waals surface area contributed by atoms with E-state index in [1.807, 2.05) is 66.7 Å². The van der Waals surface area contributed by atoms with E-state index in [9.17, 15) is 4.79 Å². The number of benzene rings is 3. The normalized spacial score (nSPS) is 10.7. The van der Waals surface area contributed by atoms with Gasteiger partial charge >= 0.3 is 0 Å². The van der Waals surface area contributed by atoms with Crippen LogP contribution in [0, 0.1) is 0 Å². The fourth-order valence-electron chi connectivity index (χ4n) is 3.18. The first-order chi connectivity index (χ1) is 15.6. The zero-order valence-corrected chi connectivity index (χ0v) is 18.7. The molecule has 1 heterocycles. The molecule has 0 aliphatic carbocycles. The summed E-state index contributed by atoms with van der Waals surface area (Å²) in [5.41, 5.74) is 2.66. The number of thioether (sulfide) groups is 1. The van der Waals surface area contributed by atoms with Crippen molar-refractivity contribution in [3.05, 3.63) is 95.9 Å². The number of hydrogen-bond donors (Lipinski definition) is 0. The van der Waals surface area contributed by atoms with Crippen LogP contribution in [0.15, 0.2) is 88.3 Å². The summed E-state index contributed by atoms with van der Waals surface area (Å²) >= 11 is 1.65. The zero-order valence-electron chi connectivity index (χ0n) is 17.9. The molecule has 0 saturated heterocycles. The molecule has 7 heteroatoms. The van der Waals surface area contributed by atoms with E-state index in [1.165, 1.54) is 5.56 Å². The number of aromatic nitrogens is 2. The van der Waals surface area contributed by atoms with Gasteiger partial charge in [0, 0.05) is 23.3 Å². The van der Waals surface area contributed by atoms with Crippen LogP contribution in [0.25, 0.3) is 11.4 Å². The average molecular weight is 446 g/mol. The Bertz CT molecular complexity index is 1190. The number of rotatable bonds is 8. The summed E-state index contributed by atoms with van der Waals surface area (Å²) in [5.74, 6) is 2.24. The fourth-order valence-corrected chi connectivity index (χ4v) is 4.18. The van der Waals surface area contributed by atoms with Gasteiger partial charge in [0.25, 0.3) is 5.91 Å². The van der Waals surface area contributed by atoms with Crippen LogP contribution in [0.3, 0.4) is 0 Å². The van der Waals surface area contributed by atoms with Crippen molar-refractivity contribution in [2.75, 3.05) is 14.2 Å². The van der Waals surface area contributed by atoms with Crippen LogP contribution in [0.2, 0.25) is 0 Å². The highest BCUT2D eigenvalue weighted by Gasteiger charge is 2.19. The van der Waals surface area contributed by atoms with Crippen molar-refractivity contribution in [2.45, 2.75) is 17.2 Å². The van der Waals surface area contributed by atoms with Crippen LogP contribution in [0.1, 0.15) is 21.8 Å². The van der Waals surface area contributed by atoms with E-state index >= 15 is 0 Å². The van der Waals surface area contributed by atoms with Gasteiger partial charge in [-0.15, -0.1) is 11.8 Å². The van der Waals surface area contributed by atoms with E-state index in [-0.39, 0.29) is 12.5 Å². The minimum Gasteiger partial charge on any atom is -0.497 e. The molecule has 6 nitrogen and oxygen atoms in total. The molecule has 1 aromatic heterocycles. The van der Waals surface area contributed by atoms with Gasteiger partial charge in [0.1, 0.15) is 5.75 Å². The summed E-state index contributed by atoms with van der Waals surface area (Å²) in [7, 11) is 3.34. The molecule has 0 spiro atoms. The molecule has 4 rings (SSSR count). The molecule has 0 saturated carbocycles. The maximum Gasteiger partial charge on any atom is 0.255 e. The van der Waals surface area contributed by atoms with Gasteiger partial charge in [-0.3, -0.25) is 4.79 Å². The number of carbonyl (C=O) groups is 1. The lowest BCUT2D eigenvalue weighted by molar-refractivity contribution is 0.0766. The SMILES string of the molecule is COc1cccc(-c2noc(CN(C)C(=O)c3ccccc3SCc3ccccc3)n2)c1. The van der Waals surface area contributed by atoms with E-state index in [4.69, 9.17) is 9.26 Å². The van der Waals surface area contributed by atoms with Gasteiger partial charge in [-0.05, 0) is 29.8 Å². The molecule has 0 aliphatic heterocycles. The van der Waals surface area contributed by atoms with Crippen molar-refractivity contribution in [1.29, 1.82) is 0 Å². The number of nitrogens with zero attached hydrogens (tertiary/aromatic N) is 3. The standard InChI is InChI=1S/C25H23N3O3S/c1-28(16-23-26-24(27-31-23)19-11-8-12-20(15-19)30-2)25(29)21-13-6-7-14-22(21)32-17-18-9-4-3-5-10-18/h3-15H,16-17H2,1-2H3. The summed E-state index contributed by atoms with van der Waals surface area (Å²) in [6.45, 7) is 0.216. The molecular weight excluding hydrogens is 422 g/mol. The maximum atomic E-state index is 13.1. The fraction of sp³-hybridized carbons (Fsp3) is 0.160. The monoisotopic (exact) mass is 445 g/mol. The molecule has 0 radical (unpaired) electrons. The van der Waals surface area contributed by atoms with Crippen molar-refractivity contribution in [1.82, 2.24) is 15.0 Å². The molecule has 0 atom stereocenters.